The standard InChI is InChI=1S/C28H17ClF3N3O5/c29-19-10-9-16(13-18(19)28(30,31)32)33-26(37)22-21-11-8-14-4-1-2-7-20(14)34(21)24(23(22)27(33)38)25(36)15-5-3-6-17(12-15)35(39)40/h1-13,21-24H/t21-,22-,23+,24+/m1/s1. The quantitative estimate of drug-likeness (QED) is 0.178. The number of fused-ring (bicyclic) bond motifs is 5. The van der Waals surface area contributed by atoms with Crippen LogP contribution < -0.4 is 9.80 Å². The van der Waals surface area contributed by atoms with Crippen molar-refractivity contribution in [2.75, 3.05) is 9.80 Å². The monoisotopic (exact) mass is 567 g/mol. The fraction of sp³-hybridized carbons (Fsp3) is 0.179. The summed E-state index contributed by atoms with van der Waals surface area (Å²) in [5.74, 6) is -4.56. The molecule has 3 aliphatic rings. The highest BCUT2D eigenvalue weighted by Crippen LogP contribution is 2.50. The van der Waals surface area contributed by atoms with Crippen LogP contribution in [0.25, 0.3) is 6.08 Å². The Morgan fingerprint density at radius 3 is 2.40 bits per heavy atom. The van der Waals surface area contributed by atoms with Crippen molar-refractivity contribution in [3.63, 3.8) is 0 Å². The van der Waals surface area contributed by atoms with Crippen LogP contribution in [0, 0.1) is 22.0 Å². The van der Waals surface area contributed by atoms with Gasteiger partial charge in [-0.05, 0) is 29.8 Å². The summed E-state index contributed by atoms with van der Waals surface area (Å²) in [6.07, 6.45) is -1.38. The van der Waals surface area contributed by atoms with Gasteiger partial charge in [0.05, 0.1) is 39.1 Å². The zero-order valence-corrected chi connectivity index (χ0v) is 21.0. The molecule has 12 heteroatoms. The van der Waals surface area contributed by atoms with E-state index in [0.29, 0.717) is 16.7 Å². The number of imide groups is 1. The lowest BCUT2D eigenvalue weighted by Crippen LogP contribution is -2.48. The minimum Gasteiger partial charge on any atom is -0.352 e. The van der Waals surface area contributed by atoms with Gasteiger partial charge in [0, 0.05) is 23.4 Å². The van der Waals surface area contributed by atoms with Gasteiger partial charge in [-0.25, -0.2) is 4.90 Å². The van der Waals surface area contributed by atoms with E-state index in [0.717, 1.165) is 23.8 Å². The number of carbonyl (C=O) groups is 3. The Balaban J connectivity index is 1.49. The van der Waals surface area contributed by atoms with Gasteiger partial charge in [0.1, 0.15) is 6.04 Å². The summed E-state index contributed by atoms with van der Waals surface area (Å²) >= 11 is 5.75. The van der Waals surface area contributed by atoms with Crippen molar-refractivity contribution in [1.29, 1.82) is 0 Å². The number of Topliss-reactive ketones (excluding diaryl/α,β-unsaturated/α-hetero) is 1. The molecule has 0 saturated carbocycles. The number of non-ortho nitro benzene ring substituents is 1. The van der Waals surface area contributed by atoms with E-state index < -0.39 is 63.2 Å². The Labute approximate surface area is 229 Å². The molecule has 2 amide bonds. The van der Waals surface area contributed by atoms with Crippen LogP contribution in [0.4, 0.5) is 30.2 Å². The fourth-order valence-corrected chi connectivity index (χ4v) is 6.11. The Kier molecular flexibility index (Phi) is 5.81. The van der Waals surface area contributed by atoms with Gasteiger partial charge in [0.15, 0.2) is 5.78 Å². The molecule has 202 valence electrons. The lowest BCUT2D eigenvalue weighted by atomic mass is 9.86. The van der Waals surface area contributed by atoms with Crippen LogP contribution in [0.2, 0.25) is 5.02 Å². The molecule has 4 atom stereocenters. The summed E-state index contributed by atoms with van der Waals surface area (Å²) in [6, 6.07) is 12.9. The Bertz CT molecular complexity index is 1660. The number of benzene rings is 3. The van der Waals surface area contributed by atoms with Crippen LogP contribution in [0.5, 0.6) is 0 Å². The van der Waals surface area contributed by atoms with Crippen molar-refractivity contribution in [2.24, 2.45) is 11.8 Å². The second-order valence-corrected chi connectivity index (χ2v) is 10.1. The number of hydrogen-bond acceptors (Lipinski definition) is 6. The third-order valence-electron chi connectivity index (χ3n) is 7.54. The first-order valence-corrected chi connectivity index (χ1v) is 12.5. The second kappa shape index (κ2) is 9.02. The van der Waals surface area contributed by atoms with Gasteiger partial charge in [-0.2, -0.15) is 13.2 Å². The Morgan fingerprint density at radius 2 is 1.68 bits per heavy atom. The molecular formula is C28H17ClF3N3O5. The molecular weight excluding hydrogens is 551 g/mol. The number of hydrogen-bond donors (Lipinski definition) is 0. The number of carbonyl (C=O) groups excluding carboxylic acids is 3. The van der Waals surface area contributed by atoms with Gasteiger partial charge in [0.25, 0.3) is 5.69 Å². The predicted octanol–water partition coefficient (Wildman–Crippen LogP) is 5.54. The summed E-state index contributed by atoms with van der Waals surface area (Å²) in [5.41, 5.74) is -0.551. The zero-order chi connectivity index (χ0) is 28.5. The molecule has 0 aliphatic carbocycles. The van der Waals surface area contributed by atoms with E-state index in [9.17, 15) is 37.7 Å². The lowest BCUT2D eigenvalue weighted by Gasteiger charge is -2.36. The topological polar surface area (TPSA) is 101 Å². The highest BCUT2D eigenvalue weighted by atomic mass is 35.5. The number of halogens is 4. The second-order valence-electron chi connectivity index (χ2n) is 9.66. The number of ketones is 1. The fourth-order valence-electron chi connectivity index (χ4n) is 5.88. The van der Waals surface area contributed by atoms with Crippen LogP contribution in [-0.4, -0.2) is 34.6 Å². The van der Waals surface area contributed by atoms with Gasteiger partial charge < -0.3 is 4.90 Å². The normalized spacial score (nSPS) is 23.2. The van der Waals surface area contributed by atoms with E-state index in [1.54, 1.807) is 41.3 Å². The molecule has 0 unspecified atom stereocenters. The highest BCUT2D eigenvalue weighted by molar-refractivity contribution is 6.32. The van der Waals surface area contributed by atoms with Crippen molar-refractivity contribution in [3.8, 4) is 0 Å². The van der Waals surface area contributed by atoms with Crippen LogP contribution in [0.1, 0.15) is 21.5 Å². The molecule has 3 aliphatic heterocycles. The molecule has 2 saturated heterocycles. The summed E-state index contributed by atoms with van der Waals surface area (Å²) in [7, 11) is 0. The maximum Gasteiger partial charge on any atom is 0.417 e. The van der Waals surface area contributed by atoms with Crippen molar-refractivity contribution < 1.29 is 32.5 Å². The largest absolute Gasteiger partial charge is 0.417 e. The molecule has 0 aromatic heterocycles. The number of amides is 2. The van der Waals surface area contributed by atoms with Crippen molar-refractivity contribution >= 4 is 52.3 Å². The Hall–Kier alpha value is -4.51. The average Bonchev–Trinajstić information content (AvgIpc) is 3.40. The van der Waals surface area contributed by atoms with Crippen LogP contribution in [-0.2, 0) is 15.8 Å². The first-order valence-electron chi connectivity index (χ1n) is 12.1. The molecule has 0 spiro atoms. The molecule has 8 nitrogen and oxygen atoms in total. The van der Waals surface area contributed by atoms with Gasteiger partial charge in [0.2, 0.25) is 11.8 Å². The third kappa shape index (κ3) is 3.80. The molecule has 3 heterocycles. The van der Waals surface area contributed by atoms with E-state index in [2.05, 4.69) is 0 Å². The van der Waals surface area contributed by atoms with E-state index in [1.165, 1.54) is 18.2 Å². The molecule has 40 heavy (non-hydrogen) atoms. The van der Waals surface area contributed by atoms with E-state index >= 15 is 0 Å². The SMILES string of the molecule is O=C(c1cccc([N+](=O)[O-])c1)[C@@H]1[C@H]2C(=O)N(c3ccc(Cl)c(C(F)(F)F)c3)C(=O)[C@@H]2[C@H]2C=Cc3ccccc3N21. The number of alkyl halides is 3. The molecule has 3 aromatic rings. The van der Waals surface area contributed by atoms with Crippen molar-refractivity contribution in [1.82, 2.24) is 0 Å². The van der Waals surface area contributed by atoms with Crippen LogP contribution in [0.15, 0.2) is 72.8 Å². The first-order chi connectivity index (χ1) is 19.0. The van der Waals surface area contributed by atoms with Gasteiger partial charge in [-0.15, -0.1) is 0 Å². The van der Waals surface area contributed by atoms with Crippen LogP contribution >= 0.6 is 11.6 Å². The zero-order valence-electron chi connectivity index (χ0n) is 20.2. The number of nitro benzene ring substituents is 1. The summed E-state index contributed by atoms with van der Waals surface area (Å²) in [6.45, 7) is 0. The maximum atomic E-state index is 14.0. The predicted molar refractivity (Wildman–Crippen MR) is 139 cm³/mol. The van der Waals surface area contributed by atoms with Gasteiger partial charge >= 0.3 is 6.18 Å². The summed E-state index contributed by atoms with van der Waals surface area (Å²) < 4.78 is 40.7. The summed E-state index contributed by atoms with van der Waals surface area (Å²) in [4.78, 5) is 54.8. The number of anilines is 2. The molecule has 3 aromatic carbocycles. The summed E-state index contributed by atoms with van der Waals surface area (Å²) in [5, 5.41) is 10.8. The highest BCUT2D eigenvalue weighted by Gasteiger charge is 2.64. The lowest BCUT2D eigenvalue weighted by molar-refractivity contribution is -0.384. The minimum atomic E-state index is -4.83. The Morgan fingerprint density at radius 1 is 0.950 bits per heavy atom. The van der Waals surface area contributed by atoms with E-state index in [1.807, 2.05) is 0 Å². The van der Waals surface area contributed by atoms with Crippen molar-refractivity contribution in [2.45, 2.75) is 18.3 Å². The number of para-hydroxylation sites is 1. The molecule has 0 radical (unpaired) electrons. The smallest absolute Gasteiger partial charge is 0.352 e. The first kappa shape index (κ1) is 25.8. The third-order valence-corrected chi connectivity index (χ3v) is 7.87. The van der Waals surface area contributed by atoms with E-state index in [4.69, 9.17) is 11.6 Å². The van der Waals surface area contributed by atoms with Crippen LogP contribution in [0.3, 0.4) is 0 Å². The molecule has 0 bridgehead atoms. The average molecular weight is 568 g/mol. The number of nitro groups is 1. The molecule has 6 rings (SSSR count). The molecule has 0 N–H and O–H groups in total. The molecule has 2 fully saturated rings. The maximum absolute atomic E-state index is 14.0. The number of rotatable bonds is 4. The van der Waals surface area contributed by atoms with Gasteiger partial charge in [-0.1, -0.05) is 54.1 Å². The minimum absolute atomic E-state index is 0.0322. The van der Waals surface area contributed by atoms with Gasteiger partial charge in [-0.3, -0.25) is 24.5 Å². The number of nitrogens with zero attached hydrogens (tertiary/aromatic N) is 3. The van der Waals surface area contributed by atoms with Crippen molar-refractivity contribution in [3.05, 3.63) is 105 Å². The van der Waals surface area contributed by atoms with E-state index in [-0.39, 0.29) is 16.9 Å².